The summed E-state index contributed by atoms with van der Waals surface area (Å²) < 4.78 is 37.4. The van der Waals surface area contributed by atoms with Gasteiger partial charge in [0, 0.05) is 11.4 Å². The maximum atomic E-state index is 12.5. The molecule has 0 spiro atoms. The summed E-state index contributed by atoms with van der Waals surface area (Å²) in [6.45, 7) is 2.01. The summed E-state index contributed by atoms with van der Waals surface area (Å²) in [6, 6.07) is 11.2. The van der Waals surface area contributed by atoms with Gasteiger partial charge in [-0.3, -0.25) is 9.59 Å². The summed E-state index contributed by atoms with van der Waals surface area (Å²) in [6.07, 6.45) is -3.99. The lowest BCUT2D eigenvalue weighted by Crippen LogP contribution is -2.21. The van der Waals surface area contributed by atoms with E-state index in [0.717, 1.165) is 36.2 Å². The molecule has 2 rings (SSSR count). The van der Waals surface area contributed by atoms with Crippen LogP contribution in [0.1, 0.15) is 24.5 Å². The molecule has 0 saturated carbocycles. The molecule has 0 atom stereocenters. The number of alkyl halides is 3. The number of anilines is 2. The van der Waals surface area contributed by atoms with Gasteiger partial charge in [-0.15, -0.1) is 0 Å². The Morgan fingerprint density at radius 1 is 0.840 bits per heavy atom. The molecule has 0 heterocycles. The minimum atomic E-state index is -4.43. The van der Waals surface area contributed by atoms with E-state index in [1.54, 1.807) is 12.1 Å². The summed E-state index contributed by atoms with van der Waals surface area (Å²) in [5, 5.41) is 4.98. The van der Waals surface area contributed by atoms with Gasteiger partial charge >= 0.3 is 6.18 Å². The molecule has 0 radical (unpaired) electrons. The second-order valence-corrected chi connectivity index (χ2v) is 5.40. The Kier molecular flexibility index (Phi) is 5.80. The Morgan fingerprint density at radius 3 is 1.68 bits per heavy atom. The number of benzene rings is 2. The van der Waals surface area contributed by atoms with Crippen molar-refractivity contribution in [2.24, 2.45) is 0 Å². The highest BCUT2D eigenvalue weighted by Crippen LogP contribution is 2.29. The predicted molar refractivity (Wildman–Crippen MR) is 89.1 cm³/mol. The van der Waals surface area contributed by atoms with Crippen molar-refractivity contribution in [1.82, 2.24) is 0 Å². The fourth-order valence-electron chi connectivity index (χ4n) is 2.12. The first-order chi connectivity index (χ1) is 11.8. The van der Waals surface area contributed by atoms with Crippen molar-refractivity contribution in [3.05, 3.63) is 59.7 Å². The summed E-state index contributed by atoms with van der Waals surface area (Å²) in [4.78, 5) is 23.6. The van der Waals surface area contributed by atoms with Crippen LogP contribution < -0.4 is 10.6 Å². The van der Waals surface area contributed by atoms with E-state index in [0.29, 0.717) is 5.69 Å². The van der Waals surface area contributed by atoms with Crippen LogP contribution >= 0.6 is 0 Å². The molecule has 4 nitrogen and oxygen atoms in total. The molecule has 2 amide bonds. The summed E-state index contributed by atoms with van der Waals surface area (Å²) in [7, 11) is 0. The Labute approximate surface area is 143 Å². The lowest BCUT2D eigenvalue weighted by molar-refractivity contribution is -0.137. The standard InChI is InChI=1S/C18H17F3N2O2/c1-2-12-3-7-14(8-4-12)22-16(24)11-17(25)23-15-9-5-13(6-10-15)18(19,20)21/h3-10H,2,11H2,1H3,(H,22,24)(H,23,25). The van der Waals surface area contributed by atoms with Crippen LogP contribution in [0, 0.1) is 0 Å². The van der Waals surface area contributed by atoms with Crippen molar-refractivity contribution in [3.63, 3.8) is 0 Å². The van der Waals surface area contributed by atoms with Crippen molar-refractivity contribution < 1.29 is 22.8 Å². The second kappa shape index (κ2) is 7.83. The van der Waals surface area contributed by atoms with Gasteiger partial charge < -0.3 is 10.6 Å². The third-order valence-corrected chi connectivity index (χ3v) is 3.46. The molecule has 2 N–H and O–H groups in total. The van der Waals surface area contributed by atoms with Crippen LogP contribution in [-0.4, -0.2) is 11.8 Å². The summed E-state index contributed by atoms with van der Waals surface area (Å²) >= 11 is 0. The van der Waals surface area contributed by atoms with E-state index in [1.165, 1.54) is 0 Å². The number of aryl methyl sites for hydroxylation is 1. The minimum Gasteiger partial charge on any atom is -0.326 e. The fourth-order valence-corrected chi connectivity index (χ4v) is 2.12. The fraction of sp³-hybridized carbons (Fsp3) is 0.222. The average molecular weight is 350 g/mol. The van der Waals surface area contributed by atoms with Crippen molar-refractivity contribution >= 4 is 23.2 Å². The van der Waals surface area contributed by atoms with E-state index in [-0.39, 0.29) is 5.69 Å². The summed E-state index contributed by atoms with van der Waals surface area (Å²) in [5.74, 6) is -1.11. The SMILES string of the molecule is CCc1ccc(NC(=O)CC(=O)Nc2ccc(C(F)(F)F)cc2)cc1. The van der Waals surface area contributed by atoms with Gasteiger partial charge in [-0.05, 0) is 48.4 Å². The van der Waals surface area contributed by atoms with E-state index in [4.69, 9.17) is 0 Å². The molecule has 0 aliphatic heterocycles. The Hall–Kier alpha value is -2.83. The third-order valence-electron chi connectivity index (χ3n) is 3.46. The molecule has 2 aromatic rings. The predicted octanol–water partition coefficient (Wildman–Crippen LogP) is 4.24. The topological polar surface area (TPSA) is 58.2 Å². The van der Waals surface area contributed by atoms with Gasteiger partial charge in [0.15, 0.2) is 0 Å². The van der Waals surface area contributed by atoms with Crippen LogP contribution in [0.5, 0.6) is 0 Å². The first kappa shape index (κ1) is 18.5. The van der Waals surface area contributed by atoms with E-state index in [2.05, 4.69) is 10.6 Å². The molecular formula is C18H17F3N2O2. The number of hydrogen-bond acceptors (Lipinski definition) is 2. The average Bonchev–Trinajstić information content (AvgIpc) is 2.55. The molecule has 132 valence electrons. The quantitative estimate of drug-likeness (QED) is 0.793. The first-order valence-electron chi connectivity index (χ1n) is 7.64. The number of carbonyl (C=O) groups excluding carboxylic acids is 2. The van der Waals surface area contributed by atoms with Gasteiger partial charge in [-0.1, -0.05) is 19.1 Å². The Morgan fingerprint density at radius 2 is 1.28 bits per heavy atom. The number of nitrogens with one attached hydrogen (secondary N) is 2. The lowest BCUT2D eigenvalue weighted by atomic mass is 10.1. The van der Waals surface area contributed by atoms with Crippen LogP contribution in [0.2, 0.25) is 0 Å². The summed E-state index contributed by atoms with van der Waals surface area (Å²) in [5.41, 5.74) is 1.08. The largest absolute Gasteiger partial charge is 0.416 e. The Balaban J connectivity index is 1.87. The molecule has 0 fully saturated rings. The number of halogens is 3. The van der Waals surface area contributed by atoms with E-state index in [9.17, 15) is 22.8 Å². The van der Waals surface area contributed by atoms with Gasteiger partial charge in [0.05, 0.1) is 5.56 Å². The normalized spacial score (nSPS) is 11.0. The lowest BCUT2D eigenvalue weighted by Gasteiger charge is -2.09. The van der Waals surface area contributed by atoms with Crippen LogP contribution in [0.3, 0.4) is 0 Å². The molecule has 0 bridgehead atoms. The number of rotatable bonds is 5. The van der Waals surface area contributed by atoms with E-state index in [1.807, 2.05) is 19.1 Å². The molecule has 7 heteroatoms. The number of carbonyl (C=O) groups is 2. The Bertz CT molecular complexity index is 738. The van der Waals surface area contributed by atoms with Crippen LogP contribution in [0.4, 0.5) is 24.5 Å². The van der Waals surface area contributed by atoms with Gasteiger partial charge in [0.25, 0.3) is 0 Å². The van der Waals surface area contributed by atoms with Crippen LogP contribution in [-0.2, 0) is 22.2 Å². The van der Waals surface area contributed by atoms with Gasteiger partial charge in [0.2, 0.25) is 11.8 Å². The van der Waals surface area contributed by atoms with Crippen molar-refractivity contribution in [2.45, 2.75) is 25.9 Å². The van der Waals surface area contributed by atoms with Gasteiger partial charge in [0.1, 0.15) is 6.42 Å². The number of hydrogen-bond donors (Lipinski definition) is 2. The maximum absolute atomic E-state index is 12.5. The molecular weight excluding hydrogens is 333 g/mol. The third kappa shape index (κ3) is 5.63. The van der Waals surface area contributed by atoms with Crippen LogP contribution in [0.25, 0.3) is 0 Å². The smallest absolute Gasteiger partial charge is 0.326 e. The second-order valence-electron chi connectivity index (χ2n) is 5.40. The van der Waals surface area contributed by atoms with Gasteiger partial charge in [-0.2, -0.15) is 13.2 Å². The number of amides is 2. The molecule has 2 aromatic carbocycles. The zero-order valence-electron chi connectivity index (χ0n) is 13.5. The van der Waals surface area contributed by atoms with Crippen molar-refractivity contribution in [3.8, 4) is 0 Å². The zero-order chi connectivity index (χ0) is 18.4. The minimum absolute atomic E-state index is 0.193. The highest BCUT2D eigenvalue weighted by Gasteiger charge is 2.30. The van der Waals surface area contributed by atoms with E-state index < -0.39 is 30.0 Å². The monoisotopic (exact) mass is 350 g/mol. The van der Waals surface area contributed by atoms with Crippen molar-refractivity contribution in [2.75, 3.05) is 10.6 Å². The highest BCUT2D eigenvalue weighted by atomic mass is 19.4. The van der Waals surface area contributed by atoms with Crippen LogP contribution in [0.15, 0.2) is 48.5 Å². The van der Waals surface area contributed by atoms with Gasteiger partial charge in [-0.25, -0.2) is 0 Å². The molecule has 25 heavy (non-hydrogen) atoms. The first-order valence-corrected chi connectivity index (χ1v) is 7.64. The van der Waals surface area contributed by atoms with Crippen molar-refractivity contribution in [1.29, 1.82) is 0 Å². The maximum Gasteiger partial charge on any atom is 0.416 e. The van der Waals surface area contributed by atoms with E-state index >= 15 is 0 Å². The molecule has 0 unspecified atom stereocenters. The molecule has 0 aromatic heterocycles. The zero-order valence-corrected chi connectivity index (χ0v) is 13.5. The highest BCUT2D eigenvalue weighted by molar-refractivity contribution is 6.08. The molecule has 0 saturated heterocycles. The molecule has 0 aliphatic rings. The molecule has 0 aliphatic carbocycles.